The molecule has 0 aliphatic carbocycles. The number of nitrogens with zero attached hydrogens (tertiary/aromatic N) is 1. The average molecular weight is 293 g/mol. The van der Waals surface area contributed by atoms with Crippen molar-refractivity contribution in [1.29, 1.82) is 0 Å². The van der Waals surface area contributed by atoms with Crippen molar-refractivity contribution in [3.63, 3.8) is 0 Å². The first-order valence-corrected chi connectivity index (χ1v) is 6.89. The largest absolute Gasteiger partial charge is 0.497 e. The van der Waals surface area contributed by atoms with Crippen molar-refractivity contribution in [3.05, 3.63) is 28.7 Å². The summed E-state index contributed by atoms with van der Waals surface area (Å²) in [5, 5.41) is -0.237. The van der Waals surface area contributed by atoms with Crippen LogP contribution in [0, 0.1) is 0 Å². The first kappa shape index (κ1) is 14.5. The second kappa shape index (κ2) is 6.00. The summed E-state index contributed by atoms with van der Waals surface area (Å²) in [6, 6.07) is 5.31. The van der Waals surface area contributed by atoms with E-state index in [1.807, 2.05) is 0 Å². The van der Waals surface area contributed by atoms with E-state index >= 15 is 0 Å². The van der Waals surface area contributed by atoms with Crippen molar-refractivity contribution in [2.75, 3.05) is 20.8 Å². The van der Waals surface area contributed by atoms with Gasteiger partial charge < -0.3 is 9.47 Å². The van der Waals surface area contributed by atoms with Gasteiger partial charge in [-0.3, -0.25) is 14.5 Å². The van der Waals surface area contributed by atoms with E-state index in [4.69, 9.17) is 9.47 Å². The third-order valence-corrected chi connectivity index (χ3v) is 3.77. The third kappa shape index (κ3) is 2.80. The number of hydrogen-bond donors (Lipinski definition) is 0. The molecular formula is C14H15NO4S. The van der Waals surface area contributed by atoms with Crippen LogP contribution in [0.4, 0.5) is 4.79 Å². The van der Waals surface area contributed by atoms with Gasteiger partial charge in [-0.25, -0.2) is 0 Å². The quantitative estimate of drug-likeness (QED) is 0.799. The first-order valence-electron chi connectivity index (χ1n) is 6.07. The monoisotopic (exact) mass is 293 g/mol. The number of rotatable bonds is 4. The summed E-state index contributed by atoms with van der Waals surface area (Å²) in [4.78, 5) is 25.3. The molecule has 1 aromatic carbocycles. The van der Waals surface area contributed by atoms with Crippen molar-refractivity contribution < 1.29 is 19.1 Å². The second-order valence-electron chi connectivity index (χ2n) is 4.07. The molecule has 6 heteroatoms. The molecule has 1 aliphatic rings. The maximum absolute atomic E-state index is 12.0. The average Bonchev–Trinajstić information content (AvgIpc) is 2.72. The number of imide groups is 1. The minimum absolute atomic E-state index is 0.237. The van der Waals surface area contributed by atoms with Gasteiger partial charge in [-0.2, -0.15) is 0 Å². The smallest absolute Gasteiger partial charge is 0.293 e. The van der Waals surface area contributed by atoms with Gasteiger partial charge in [0.1, 0.15) is 11.5 Å². The molecule has 0 atom stereocenters. The Morgan fingerprint density at radius 3 is 2.20 bits per heavy atom. The highest BCUT2D eigenvalue weighted by molar-refractivity contribution is 8.18. The van der Waals surface area contributed by atoms with Crippen LogP contribution >= 0.6 is 11.8 Å². The second-order valence-corrected chi connectivity index (χ2v) is 5.07. The van der Waals surface area contributed by atoms with Crippen LogP contribution < -0.4 is 9.47 Å². The summed E-state index contributed by atoms with van der Waals surface area (Å²) in [7, 11) is 3.12. The molecule has 0 saturated carbocycles. The summed E-state index contributed by atoms with van der Waals surface area (Å²) in [6.07, 6.45) is 1.67. The van der Waals surface area contributed by atoms with E-state index in [1.54, 1.807) is 45.4 Å². The van der Waals surface area contributed by atoms with Crippen LogP contribution in [-0.2, 0) is 4.79 Å². The van der Waals surface area contributed by atoms with E-state index in [1.165, 1.54) is 4.90 Å². The molecule has 2 amide bonds. The van der Waals surface area contributed by atoms with Crippen molar-refractivity contribution in [2.45, 2.75) is 6.92 Å². The van der Waals surface area contributed by atoms with Gasteiger partial charge in [-0.1, -0.05) is 0 Å². The lowest BCUT2D eigenvalue weighted by molar-refractivity contribution is -0.122. The lowest BCUT2D eigenvalue weighted by Crippen LogP contribution is -2.27. The number of ether oxygens (including phenoxy) is 2. The Morgan fingerprint density at radius 2 is 1.75 bits per heavy atom. The molecule has 1 fully saturated rings. The molecule has 0 bridgehead atoms. The van der Waals surface area contributed by atoms with E-state index in [0.29, 0.717) is 22.9 Å². The molecule has 0 aromatic heterocycles. The predicted octanol–water partition coefficient (Wildman–Crippen LogP) is 2.76. The molecule has 1 aliphatic heterocycles. The number of likely N-dealkylation sites (N-methyl/N-ethyl adjacent to an activating group) is 1. The van der Waals surface area contributed by atoms with Gasteiger partial charge in [0.15, 0.2) is 0 Å². The highest BCUT2D eigenvalue weighted by Crippen LogP contribution is 2.33. The minimum Gasteiger partial charge on any atom is -0.497 e. The predicted molar refractivity (Wildman–Crippen MR) is 77.9 cm³/mol. The van der Waals surface area contributed by atoms with Crippen LogP contribution in [0.1, 0.15) is 12.5 Å². The number of benzene rings is 1. The summed E-state index contributed by atoms with van der Waals surface area (Å²) in [5.74, 6) is 1.000. The fourth-order valence-electron chi connectivity index (χ4n) is 1.84. The molecule has 1 aromatic rings. The molecule has 1 saturated heterocycles. The molecule has 20 heavy (non-hydrogen) atoms. The molecule has 1 heterocycles. The van der Waals surface area contributed by atoms with E-state index in [0.717, 1.165) is 17.3 Å². The maximum Gasteiger partial charge on any atom is 0.293 e. The van der Waals surface area contributed by atoms with Gasteiger partial charge >= 0.3 is 0 Å². The van der Waals surface area contributed by atoms with E-state index < -0.39 is 0 Å². The molecule has 0 radical (unpaired) electrons. The van der Waals surface area contributed by atoms with Crippen molar-refractivity contribution in [2.24, 2.45) is 0 Å². The minimum atomic E-state index is -0.260. The molecule has 106 valence electrons. The van der Waals surface area contributed by atoms with Crippen LogP contribution in [0.15, 0.2) is 23.1 Å². The maximum atomic E-state index is 12.0. The van der Waals surface area contributed by atoms with Gasteiger partial charge in [0.2, 0.25) is 0 Å². The SMILES string of the molecule is CCN1C(=O)S/C(=C/c2cc(OC)cc(OC)c2)C1=O. The Hall–Kier alpha value is -1.95. The van der Waals surface area contributed by atoms with Gasteiger partial charge in [-0.05, 0) is 42.5 Å². The molecule has 0 spiro atoms. The summed E-state index contributed by atoms with van der Waals surface area (Å²) >= 11 is 0.945. The molecular weight excluding hydrogens is 278 g/mol. The first-order chi connectivity index (χ1) is 9.58. The summed E-state index contributed by atoms with van der Waals surface area (Å²) < 4.78 is 10.3. The Labute approximate surface area is 121 Å². The van der Waals surface area contributed by atoms with E-state index in [-0.39, 0.29) is 11.1 Å². The highest BCUT2D eigenvalue weighted by atomic mass is 32.2. The normalized spacial score (nSPS) is 16.9. The lowest BCUT2D eigenvalue weighted by Gasteiger charge is -2.07. The van der Waals surface area contributed by atoms with Crippen LogP contribution in [-0.4, -0.2) is 36.8 Å². The summed E-state index contributed by atoms with van der Waals surface area (Å²) in [5.41, 5.74) is 0.753. The molecule has 0 unspecified atom stereocenters. The number of methoxy groups -OCH3 is 2. The number of thioether (sulfide) groups is 1. The van der Waals surface area contributed by atoms with Crippen molar-refractivity contribution in [3.8, 4) is 11.5 Å². The Kier molecular flexibility index (Phi) is 4.34. The topological polar surface area (TPSA) is 55.8 Å². The van der Waals surface area contributed by atoms with Gasteiger partial charge in [-0.15, -0.1) is 0 Å². The van der Waals surface area contributed by atoms with Gasteiger partial charge in [0, 0.05) is 12.6 Å². The zero-order valence-electron chi connectivity index (χ0n) is 11.5. The van der Waals surface area contributed by atoms with Crippen LogP contribution in [0.2, 0.25) is 0 Å². The van der Waals surface area contributed by atoms with Gasteiger partial charge in [0.25, 0.3) is 11.1 Å². The van der Waals surface area contributed by atoms with Gasteiger partial charge in [0.05, 0.1) is 19.1 Å². The Bertz CT molecular complexity index is 560. The standard InChI is InChI=1S/C14H15NO4S/c1-4-15-13(16)12(20-14(15)17)7-9-5-10(18-2)8-11(6-9)19-3/h5-8H,4H2,1-3H3/b12-7+. The van der Waals surface area contributed by atoms with Crippen molar-refractivity contribution >= 4 is 29.0 Å². The summed E-state index contributed by atoms with van der Waals surface area (Å²) in [6.45, 7) is 2.15. The number of hydrogen-bond acceptors (Lipinski definition) is 5. The fraction of sp³-hybridized carbons (Fsp3) is 0.286. The lowest BCUT2D eigenvalue weighted by atomic mass is 10.2. The van der Waals surface area contributed by atoms with Crippen molar-refractivity contribution in [1.82, 2.24) is 4.90 Å². The van der Waals surface area contributed by atoms with Crippen LogP contribution in [0.3, 0.4) is 0 Å². The fourth-order valence-corrected chi connectivity index (χ4v) is 2.74. The molecule has 2 rings (SSSR count). The number of carbonyl (C=O) groups is 2. The van der Waals surface area contributed by atoms with Crippen LogP contribution in [0.25, 0.3) is 6.08 Å². The molecule has 5 nitrogen and oxygen atoms in total. The zero-order chi connectivity index (χ0) is 14.7. The number of carbonyl (C=O) groups excluding carboxylic acids is 2. The Morgan fingerprint density at radius 1 is 1.15 bits per heavy atom. The van der Waals surface area contributed by atoms with Crippen LogP contribution in [0.5, 0.6) is 11.5 Å². The van der Waals surface area contributed by atoms with E-state index in [9.17, 15) is 9.59 Å². The zero-order valence-corrected chi connectivity index (χ0v) is 12.3. The Balaban J connectivity index is 2.36. The highest BCUT2D eigenvalue weighted by Gasteiger charge is 2.33. The molecule has 0 N–H and O–H groups in total. The third-order valence-electron chi connectivity index (χ3n) is 2.86. The number of amides is 2. The van der Waals surface area contributed by atoms with E-state index in [2.05, 4.69) is 0 Å².